The van der Waals surface area contributed by atoms with Crippen molar-refractivity contribution in [2.24, 2.45) is 0 Å². The van der Waals surface area contributed by atoms with E-state index in [1.165, 1.54) is 0 Å². The molecule has 2 aromatic rings. The van der Waals surface area contributed by atoms with Crippen molar-refractivity contribution in [2.75, 3.05) is 5.32 Å². The third kappa shape index (κ3) is 2.62. The molecule has 0 heterocycles. The normalized spacial score (nSPS) is 9.81. The van der Waals surface area contributed by atoms with Gasteiger partial charge in [-0.2, -0.15) is 0 Å². The Labute approximate surface area is 106 Å². The van der Waals surface area contributed by atoms with Gasteiger partial charge in [0, 0.05) is 11.3 Å². The van der Waals surface area contributed by atoms with Gasteiger partial charge < -0.3 is 5.32 Å². The fourth-order valence-electron chi connectivity index (χ4n) is 1.58. The number of rotatable bonds is 2. The maximum absolute atomic E-state index is 4.94. The topological polar surface area (TPSA) is 12.0 Å². The van der Waals surface area contributed by atoms with E-state index in [0.29, 0.717) is 4.32 Å². The SMILES string of the molecule is S=C(S)Nc1ccccc1-c1ccccc1. The van der Waals surface area contributed by atoms with Crippen LogP contribution in [0.5, 0.6) is 0 Å². The van der Waals surface area contributed by atoms with Crippen LogP contribution in [0.1, 0.15) is 0 Å². The van der Waals surface area contributed by atoms with Crippen LogP contribution in [0.3, 0.4) is 0 Å². The Morgan fingerprint density at radius 1 is 0.938 bits per heavy atom. The number of anilines is 1. The third-order valence-corrected chi connectivity index (χ3v) is 2.47. The van der Waals surface area contributed by atoms with Gasteiger partial charge in [0.15, 0.2) is 0 Å². The summed E-state index contributed by atoms with van der Waals surface area (Å²) in [5.41, 5.74) is 3.27. The van der Waals surface area contributed by atoms with Crippen molar-refractivity contribution in [1.29, 1.82) is 0 Å². The molecule has 0 amide bonds. The molecule has 0 aliphatic heterocycles. The standard InChI is InChI=1S/C13H11NS2/c15-13(16)14-12-9-5-4-8-11(12)10-6-2-1-3-7-10/h1-9H,(H2,14,15,16). The Kier molecular flexibility index (Phi) is 3.59. The van der Waals surface area contributed by atoms with E-state index >= 15 is 0 Å². The lowest BCUT2D eigenvalue weighted by molar-refractivity contribution is 1.60. The van der Waals surface area contributed by atoms with E-state index < -0.39 is 0 Å². The zero-order valence-corrected chi connectivity index (χ0v) is 10.3. The fraction of sp³-hybridized carbons (Fsp3) is 0. The van der Waals surface area contributed by atoms with E-state index in [-0.39, 0.29) is 0 Å². The second-order valence-corrected chi connectivity index (χ2v) is 4.50. The number of nitrogens with one attached hydrogen (secondary N) is 1. The summed E-state index contributed by atoms with van der Waals surface area (Å²) in [5, 5.41) is 3.07. The molecule has 0 radical (unpaired) electrons. The van der Waals surface area contributed by atoms with Crippen LogP contribution in [0.2, 0.25) is 0 Å². The average molecular weight is 245 g/mol. The molecule has 0 saturated carbocycles. The smallest absolute Gasteiger partial charge is 0.135 e. The summed E-state index contributed by atoms with van der Waals surface area (Å²) >= 11 is 9.03. The highest BCUT2D eigenvalue weighted by atomic mass is 32.1. The van der Waals surface area contributed by atoms with Crippen molar-refractivity contribution >= 4 is 34.9 Å². The van der Waals surface area contributed by atoms with Gasteiger partial charge in [-0.15, -0.1) is 12.6 Å². The summed E-state index contributed by atoms with van der Waals surface area (Å²) in [6, 6.07) is 18.2. The highest BCUT2D eigenvalue weighted by Crippen LogP contribution is 2.27. The van der Waals surface area contributed by atoms with E-state index in [9.17, 15) is 0 Å². The van der Waals surface area contributed by atoms with Crippen molar-refractivity contribution in [3.8, 4) is 11.1 Å². The van der Waals surface area contributed by atoms with Crippen LogP contribution in [0.4, 0.5) is 5.69 Å². The molecule has 2 aromatic carbocycles. The van der Waals surface area contributed by atoms with Crippen molar-refractivity contribution in [3.63, 3.8) is 0 Å². The second kappa shape index (κ2) is 5.14. The summed E-state index contributed by atoms with van der Waals surface area (Å²) in [4.78, 5) is 0. The van der Waals surface area contributed by atoms with Crippen LogP contribution in [-0.4, -0.2) is 4.32 Å². The molecular weight excluding hydrogens is 234 g/mol. The maximum Gasteiger partial charge on any atom is 0.135 e. The van der Waals surface area contributed by atoms with E-state index in [0.717, 1.165) is 16.8 Å². The quantitative estimate of drug-likeness (QED) is 0.613. The molecule has 1 N–H and O–H groups in total. The highest BCUT2D eigenvalue weighted by Gasteiger charge is 2.03. The van der Waals surface area contributed by atoms with Crippen molar-refractivity contribution < 1.29 is 0 Å². The largest absolute Gasteiger partial charge is 0.341 e. The summed E-state index contributed by atoms with van der Waals surface area (Å²) < 4.78 is 0.475. The first-order valence-corrected chi connectivity index (χ1v) is 5.77. The zero-order chi connectivity index (χ0) is 11.4. The van der Waals surface area contributed by atoms with Crippen LogP contribution < -0.4 is 5.32 Å². The molecule has 80 valence electrons. The molecule has 0 unspecified atom stereocenters. The first-order valence-electron chi connectivity index (χ1n) is 4.92. The number of benzene rings is 2. The zero-order valence-electron chi connectivity index (χ0n) is 8.55. The summed E-state index contributed by atoms with van der Waals surface area (Å²) in [5.74, 6) is 0. The Balaban J connectivity index is 2.44. The minimum Gasteiger partial charge on any atom is -0.341 e. The molecule has 0 fully saturated rings. The molecule has 0 bridgehead atoms. The number of thiol groups is 1. The predicted molar refractivity (Wildman–Crippen MR) is 77.1 cm³/mol. The molecule has 0 saturated heterocycles. The van der Waals surface area contributed by atoms with E-state index in [1.807, 2.05) is 36.4 Å². The van der Waals surface area contributed by atoms with Gasteiger partial charge in [0.25, 0.3) is 0 Å². The summed E-state index contributed by atoms with van der Waals surface area (Å²) in [6.45, 7) is 0. The monoisotopic (exact) mass is 245 g/mol. The van der Waals surface area contributed by atoms with E-state index in [2.05, 4.69) is 36.1 Å². The van der Waals surface area contributed by atoms with Gasteiger partial charge in [-0.3, -0.25) is 0 Å². The maximum atomic E-state index is 4.94. The Bertz CT molecular complexity index is 494. The van der Waals surface area contributed by atoms with Gasteiger partial charge in [0.05, 0.1) is 0 Å². The number of para-hydroxylation sites is 1. The van der Waals surface area contributed by atoms with Gasteiger partial charge in [0.2, 0.25) is 0 Å². The number of hydrogen-bond donors (Lipinski definition) is 2. The van der Waals surface area contributed by atoms with Gasteiger partial charge in [-0.05, 0) is 11.6 Å². The Morgan fingerprint density at radius 3 is 2.25 bits per heavy atom. The molecule has 0 aliphatic rings. The molecule has 3 heteroatoms. The lowest BCUT2D eigenvalue weighted by Crippen LogP contribution is -2.02. The van der Waals surface area contributed by atoms with E-state index in [1.54, 1.807) is 0 Å². The Hall–Kier alpha value is -1.32. The summed E-state index contributed by atoms with van der Waals surface area (Å²) in [6.07, 6.45) is 0. The third-order valence-electron chi connectivity index (χ3n) is 2.25. The second-order valence-electron chi connectivity index (χ2n) is 3.34. The lowest BCUT2D eigenvalue weighted by Gasteiger charge is -2.10. The molecule has 0 aliphatic carbocycles. The average Bonchev–Trinajstić information content (AvgIpc) is 2.30. The first kappa shape index (κ1) is 11.2. The van der Waals surface area contributed by atoms with Crippen molar-refractivity contribution in [1.82, 2.24) is 0 Å². The molecule has 0 atom stereocenters. The molecular formula is C13H11NS2. The molecule has 16 heavy (non-hydrogen) atoms. The van der Waals surface area contributed by atoms with Gasteiger partial charge in [-0.25, -0.2) is 0 Å². The highest BCUT2D eigenvalue weighted by molar-refractivity contribution is 8.11. The fourth-order valence-corrected chi connectivity index (χ4v) is 1.81. The minimum absolute atomic E-state index is 0.475. The van der Waals surface area contributed by atoms with Crippen LogP contribution in [-0.2, 0) is 0 Å². The minimum atomic E-state index is 0.475. The van der Waals surface area contributed by atoms with Crippen LogP contribution >= 0.6 is 24.8 Å². The van der Waals surface area contributed by atoms with Gasteiger partial charge >= 0.3 is 0 Å². The van der Waals surface area contributed by atoms with Gasteiger partial charge in [-0.1, -0.05) is 60.7 Å². The van der Waals surface area contributed by atoms with Crippen molar-refractivity contribution in [3.05, 3.63) is 54.6 Å². The Morgan fingerprint density at radius 2 is 1.56 bits per heavy atom. The lowest BCUT2D eigenvalue weighted by atomic mass is 10.0. The number of thiocarbonyl (C=S) groups is 1. The van der Waals surface area contributed by atoms with Gasteiger partial charge in [0.1, 0.15) is 4.32 Å². The van der Waals surface area contributed by atoms with Crippen LogP contribution in [0, 0.1) is 0 Å². The number of hydrogen-bond acceptors (Lipinski definition) is 1. The molecule has 2 rings (SSSR count). The van der Waals surface area contributed by atoms with Crippen molar-refractivity contribution in [2.45, 2.75) is 0 Å². The predicted octanol–water partition coefficient (Wildman–Crippen LogP) is 3.98. The molecule has 1 nitrogen and oxygen atoms in total. The van der Waals surface area contributed by atoms with E-state index in [4.69, 9.17) is 12.2 Å². The molecule has 0 spiro atoms. The van der Waals surface area contributed by atoms with Crippen LogP contribution in [0.25, 0.3) is 11.1 Å². The summed E-state index contributed by atoms with van der Waals surface area (Å²) in [7, 11) is 0. The molecule has 0 aromatic heterocycles. The first-order chi connectivity index (χ1) is 7.77. The van der Waals surface area contributed by atoms with Crippen LogP contribution in [0.15, 0.2) is 54.6 Å².